The van der Waals surface area contributed by atoms with Gasteiger partial charge in [0.05, 0.1) is 17.0 Å². The van der Waals surface area contributed by atoms with Crippen molar-refractivity contribution in [3.8, 4) is 22.5 Å². The Hall–Kier alpha value is -3.07. The van der Waals surface area contributed by atoms with E-state index in [4.69, 9.17) is 11.6 Å². The van der Waals surface area contributed by atoms with Gasteiger partial charge in [0.15, 0.2) is 0 Å². The van der Waals surface area contributed by atoms with Crippen molar-refractivity contribution >= 4 is 23.3 Å². The van der Waals surface area contributed by atoms with Crippen molar-refractivity contribution < 1.29 is 18.0 Å². The third kappa shape index (κ3) is 3.42. The van der Waals surface area contributed by atoms with Gasteiger partial charge in [0.25, 0.3) is 5.91 Å². The highest BCUT2D eigenvalue weighted by atomic mass is 35.5. The first-order chi connectivity index (χ1) is 13.8. The van der Waals surface area contributed by atoms with Gasteiger partial charge in [-0.05, 0) is 30.7 Å². The van der Waals surface area contributed by atoms with Crippen LogP contribution in [0, 0.1) is 0 Å². The largest absolute Gasteiger partial charge is 0.416 e. The summed E-state index contributed by atoms with van der Waals surface area (Å²) in [5, 5.41) is 5.73. The highest BCUT2D eigenvalue weighted by Crippen LogP contribution is 2.39. The lowest BCUT2D eigenvalue weighted by atomic mass is 10.0. The Bertz CT molecular complexity index is 1110. The lowest BCUT2D eigenvalue weighted by molar-refractivity contribution is -0.137. The van der Waals surface area contributed by atoms with E-state index in [0.29, 0.717) is 30.2 Å². The number of carbonyl (C=O) groups is 1. The van der Waals surface area contributed by atoms with Crippen molar-refractivity contribution in [1.82, 2.24) is 20.3 Å². The molecule has 0 atom stereocenters. The van der Waals surface area contributed by atoms with Gasteiger partial charge in [-0.25, -0.2) is 9.97 Å². The highest BCUT2D eigenvalue weighted by molar-refractivity contribution is 6.33. The molecule has 3 N–H and O–H groups in total. The topological polar surface area (TPSA) is 82.7 Å². The molecule has 1 aliphatic heterocycles. The molecule has 0 fully saturated rings. The molecule has 0 saturated carbocycles. The van der Waals surface area contributed by atoms with E-state index in [-0.39, 0.29) is 21.8 Å². The molecule has 1 aromatic carbocycles. The lowest BCUT2D eigenvalue weighted by Gasteiger charge is -2.11. The summed E-state index contributed by atoms with van der Waals surface area (Å²) in [6.45, 7) is 0.705. The summed E-state index contributed by atoms with van der Waals surface area (Å²) < 4.78 is 39.6. The number of halogens is 4. The third-order valence-electron chi connectivity index (χ3n) is 4.72. The minimum absolute atomic E-state index is 0.0991. The van der Waals surface area contributed by atoms with Gasteiger partial charge in [-0.15, -0.1) is 0 Å². The molecule has 1 amide bonds. The van der Waals surface area contributed by atoms with Crippen molar-refractivity contribution in [3.63, 3.8) is 0 Å². The predicted molar refractivity (Wildman–Crippen MR) is 103 cm³/mol. The van der Waals surface area contributed by atoms with Crippen molar-refractivity contribution in [2.75, 3.05) is 18.9 Å². The van der Waals surface area contributed by atoms with Gasteiger partial charge in [0.2, 0.25) is 0 Å². The molecule has 0 spiro atoms. The van der Waals surface area contributed by atoms with Crippen molar-refractivity contribution in [1.29, 1.82) is 0 Å². The number of aromatic nitrogens is 3. The SMILES string of the molecule is CNC(=O)c1[nH]c(-c2ncnc3c2CCN3)cc1-c1cc(C(F)(F)F)ccc1Cl. The van der Waals surface area contributed by atoms with E-state index >= 15 is 0 Å². The van der Waals surface area contributed by atoms with Gasteiger partial charge in [-0.2, -0.15) is 13.2 Å². The Labute approximate surface area is 168 Å². The number of hydrogen-bond acceptors (Lipinski definition) is 4. The molecular weight excluding hydrogens is 407 g/mol. The fourth-order valence-corrected chi connectivity index (χ4v) is 3.57. The molecular formula is C19H15ClF3N5O. The lowest BCUT2D eigenvalue weighted by Crippen LogP contribution is -2.19. The van der Waals surface area contributed by atoms with Crippen LogP contribution in [0.25, 0.3) is 22.5 Å². The van der Waals surface area contributed by atoms with E-state index in [1.54, 1.807) is 6.07 Å². The van der Waals surface area contributed by atoms with E-state index in [1.807, 2.05) is 0 Å². The van der Waals surface area contributed by atoms with Crippen LogP contribution in [0.1, 0.15) is 21.6 Å². The average molecular weight is 422 g/mol. The summed E-state index contributed by atoms with van der Waals surface area (Å²) in [7, 11) is 1.44. The van der Waals surface area contributed by atoms with Crippen molar-refractivity contribution in [2.24, 2.45) is 0 Å². The first kappa shape index (κ1) is 19.3. The molecule has 2 aromatic heterocycles. The second kappa shape index (κ2) is 7.07. The number of anilines is 1. The first-order valence-corrected chi connectivity index (χ1v) is 9.07. The molecule has 3 heterocycles. The number of nitrogens with one attached hydrogen (secondary N) is 3. The number of hydrogen-bond donors (Lipinski definition) is 3. The van der Waals surface area contributed by atoms with Crippen LogP contribution in [0.4, 0.5) is 19.0 Å². The van der Waals surface area contributed by atoms with Crippen LogP contribution in [-0.2, 0) is 12.6 Å². The molecule has 0 saturated heterocycles. The fourth-order valence-electron chi connectivity index (χ4n) is 3.35. The van der Waals surface area contributed by atoms with E-state index in [2.05, 4.69) is 25.6 Å². The molecule has 4 rings (SSSR count). The van der Waals surface area contributed by atoms with Crippen LogP contribution >= 0.6 is 11.6 Å². The Morgan fingerprint density at radius 2 is 2.00 bits per heavy atom. The number of nitrogens with zero attached hydrogens (tertiary/aromatic N) is 2. The standard InChI is InChI=1S/C19H15ClF3N5O/c1-24-18(29)16-12(11-6-9(19(21,22)23)2-3-13(11)20)7-14(28-16)15-10-4-5-25-17(10)27-8-26-15/h2-3,6-8,28H,4-5H2,1H3,(H,24,29)(H,25,26,27). The molecule has 0 radical (unpaired) electrons. The molecule has 10 heteroatoms. The summed E-state index contributed by atoms with van der Waals surface area (Å²) >= 11 is 6.20. The minimum Gasteiger partial charge on any atom is -0.369 e. The Morgan fingerprint density at radius 1 is 1.21 bits per heavy atom. The van der Waals surface area contributed by atoms with Crippen LogP contribution in [0.3, 0.4) is 0 Å². The molecule has 0 unspecified atom stereocenters. The normalized spacial score (nSPS) is 13.1. The number of benzene rings is 1. The predicted octanol–water partition coefficient (Wildman–Crippen LogP) is 4.14. The zero-order valence-corrected chi connectivity index (χ0v) is 15.9. The van der Waals surface area contributed by atoms with Crippen LogP contribution in [0.5, 0.6) is 0 Å². The second-order valence-corrected chi connectivity index (χ2v) is 6.88. The molecule has 0 aliphatic carbocycles. The molecule has 150 valence electrons. The first-order valence-electron chi connectivity index (χ1n) is 8.70. The van der Waals surface area contributed by atoms with E-state index in [0.717, 1.165) is 17.7 Å². The van der Waals surface area contributed by atoms with Crippen LogP contribution in [-0.4, -0.2) is 34.5 Å². The number of carbonyl (C=O) groups excluding carboxylic acids is 1. The van der Waals surface area contributed by atoms with Crippen LogP contribution < -0.4 is 10.6 Å². The molecule has 29 heavy (non-hydrogen) atoms. The molecule has 1 aliphatic rings. The maximum atomic E-state index is 13.2. The number of fused-ring (bicyclic) bond motifs is 1. The van der Waals surface area contributed by atoms with Gasteiger partial charge in [-0.3, -0.25) is 4.79 Å². The van der Waals surface area contributed by atoms with E-state index < -0.39 is 17.6 Å². The Balaban J connectivity index is 1.91. The van der Waals surface area contributed by atoms with E-state index in [1.165, 1.54) is 19.4 Å². The minimum atomic E-state index is -4.54. The van der Waals surface area contributed by atoms with Gasteiger partial charge < -0.3 is 15.6 Å². The van der Waals surface area contributed by atoms with Crippen molar-refractivity contribution in [2.45, 2.75) is 12.6 Å². The molecule has 0 bridgehead atoms. The zero-order chi connectivity index (χ0) is 20.8. The zero-order valence-electron chi connectivity index (χ0n) is 15.1. The monoisotopic (exact) mass is 421 g/mol. The number of amides is 1. The van der Waals surface area contributed by atoms with Crippen LogP contribution in [0.15, 0.2) is 30.6 Å². The number of rotatable bonds is 3. The number of H-pyrrole nitrogens is 1. The maximum absolute atomic E-state index is 13.2. The number of aromatic amines is 1. The van der Waals surface area contributed by atoms with Gasteiger partial charge in [0, 0.05) is 35.3 Å². The smallest absolute Gasteiger partial charge is 0.369 e. The second-order valence-electron chi connectivity index (χ2n) is 6.47. The molecule has 3 aromatic rings. The van der Waals surface area contributed by atoms with Gasteiger partial charge in [0.1, 0.15) is 17.8 Å². The third-order valence-corrected chi connectivity index (χ3v) is 5.05. The maximum Gasteiger partial charge on any atom is 0.416 e. The highest BCUT2D eigenvalue weighted by Gasteiger charge is 2.32. The molecule has 6 nitrogen and oxygen atoms in total. The fraction of sp³-hybridized carbons (Fsp3) is 0.211. The summed E-state index contributed by atoms with van der Waals surface area (Å²) in [5.74, 6) is 0.216. The van der Waals surface area contributed by atoms with Crippen molar-refractivity contribution in [3.05, 3.63) is 52.4 Å². The Morgan fingerprint density at radius 3 is 2.72 bits per heavy atom. The average Bonchev–Trinajstić information content (AvgIpc) is 3.33. The Kier molecular flexibility index (Phi) is 4.70. The number of alkyl halides is 3. The summed E-state index contributed by atoms with van der Waals surface area (Å²) in [4.78, 5) is 23.9. The summed E-state index contributed by atoms with van der Waals surface area (Å²) in [6.07, 6.45) is -2.45. The summed E-state index contributed by atoms with van der Waals surface area (Å²) in [6, 6.07) is 4.61. The quantitative estimate of drug-likeness (QED) is 0.593. The van der Waals surface area contributed by atoms with E-state index in [9.17, 15) is 18.0 Å². The van der Waals surface area contributed by atoms with Gasteiger partial charge >= 0.3 is 6.18 Å². The summed E-state index contributed by atoms with van der Waals surface area (Å²) in [5.41, 5.74) is 1.56. The van der Waals surface area contributed by atoms with Crippen LogP contribution in [0.2, 0.25) is 5.02 Å². The van der Waals surface area contributed by atoms with Gasteiger partial charge in [-0.1, -0.05) is 11.6 Å².